The summed E-state index contributed by atoms with van der Waals surface area (Å²) in [6.07, 6.45) is -2.93. The predicted molar refractivity (Wildman–Crippen MR) is 93.8 cm³/mol. The molecule has 3 heterocycles. The molecule has 0 aliphatic carbocycles. The van der Waals surface area contributed by atoms with E-state index in [1.165, 1.54) is 13.3 Å². The van der Waals surface area contributed by atoms with Crippen molar-refractivity contribution in [2.24, 2.45) is 0 Å². The maximum absolute atomic E-state index is 12.5. The Morgan fingerprint density at radius 3 is 2.32 bits per heavy atom. The number of rotatable bonds is 4. The van der Waals surface area contributed by atoms with E-state index in [4.69, 9.17) is 9.47 Å². The highest BCUT2D eigenvalue weighted by Gasteiger charge is 2.48. The summed E-state index contributed by atoms with van der Waals surface area (Å²) in [5.41, 5.74) is -0.724. The van der Waals surface area contributed by atoms with Crippen molar-refractivity contribution in [2.45, 2.75) is 24.5 Å². The molecule has 0 radical (unpaired) electrons. The average molecular weight is 387 g/mol. The van der Waals surface area contributed by atoms with Crippen LogP contribution in [-0.4, -0.2) is 63.3 Å². The van der Waals surface area contributed by atoms with Gasteiger partial charge in [-0.3, -0.25) is 28.8 Å². The third kappa shape index (κ3) is 2.78. The van der Waals surface area contributed by atoms with Gasteiger partial charge in [-0.15, -0.1) is 0 Å². The minimum atomic E-state index is -1.21. The second-order valence-corrected chi connectivity index (χ2v) is 6.54. The summed E-state index contributed by atoms with van der Waals surface area (Å²) in [5.74, 6) is -0.954. The maximum atomic E-state index is 12.5. The molecule has 0 spiro atoms. The van der Waals surface area contributed by atoms with Gasteiger partial charge in [0.05, 0.1) is 17.7 Å². The summed E-state index contributed by atoms with van der Waals surface area (Å²) in [4.78, 5) is 51.5. The van der Waals surface area contributed by atoms with Crippen LogP contribution < -0.4 is 11.2 Å². The van der Waals surface area contributed by atoms with Crippen molar-refractivity contribution < 1.29 is 24.2 Å². The SMILES string of the molecule is CO[C@@H]1[C@H](O)[C@@H](CN2C(=O)c3ccccc3C2=O)O[C@H]1n1ccc(=O)[nH]c1=O. The Kier molecular flexibility index (Phi) is 4.46. The first-order chi connectivity index (χ1) is 13.4. The number of aromatic amines is 1. The molecule has 4 rings (SSSR count). The molecule has 2 aliphatic heterocycles. The maximum Gasteiger partial charge on any atom is 0.330 e. The van der Waals surface area contributed by atoms with Crippen LogP contribution in [0.1, 0.15) is 26.9 Å². The Morgan fingerprint density at radius 1 is 1.11 bits per heavy atom. The van der Waals surface area contributed by atoms with Crippen molar-refractivity contribution in [3.05, 3.63) is 68.5 Å². The molecule has 0 saturated carbocycles. The number of H-pyrrole nitrogens is 1. The summed E-state index contributed by atoms with van der Waals surface area (Å²) in [6, 6.07) is 7.58. The molecule has 28 heavy (non-hydrogen) atoms. The lowest BCUT2D eigenvalue weighted by atomic mass is 10.1. The number of carbonyl (C=O) groups is 2. The molecule has 1 fully saturated rings. The third-order valence-corrected chi connectivity index (χ3v) is 4.95. The van der Waals surface area contributed by atoms with Crippen molar-refractivity contribution in [2.75, 3.05) is 13.7 Å². The lowest BCUT2D eigenvalue weighted by molar-refractivity contribution is -0.0561. The summed E-state index contributed by atoms with van der Waals surface area (Å²) in [7, 11) is 1.34. The van der Waals surface area contributed by atoms with Crippen LogP contribution in [0.4, 0.5) is 0 Å². The van der Waals surface area contributed by atoms with Gasteiger partial charge < -0.3 is 14.6 Å². The van der Waals surface area contributed by atoms with E-state index in [0.29, 0.717) is 0 Å². The molecule has 2 amide bonds. The van der Waals surface area contributed by atoms with E-state index >= 15 is 0 Å². The molecule has 10 nitrogen and oxygen atoms in total. The van der Waals surface area contributed by atoms with Crippen LogP contribution in [0.3, 0.4) is 0 Å². The molecule has 1 saturated heterocycles. The first-order valence-electron chi connectivity index (χ1n) is 8.55. The summed E-state index contributed by atoms with van der Waals surface area (Å²) in [6.45, 7) is -0.206. The molecule has 2 aliphatic rings. The minimum absolute atomic E-state index is 0.206. The monoisotopic (exact) mass is 387 g/mol. The van der Waals surface area contributed by atoms with Gasteiger partial charge in [0.15, 0.2) is 6.23 Å². The zero-order valence-electron chi connectivity index (χ0n) is 14.8. The molecule has 4 atom stereocenters. The Balaban J connectivity index is 1.60. The molecule has 10 heteroatoms. The third-order valence-electron chi connectivity index (χ3n) is 4.95. The molecule has 1 aromatic heterocycles. The fourth-order valence-electron chi connectivity index (χ4n) is 3.56. The average Bonchev–Trinajstić information content (AvgIpc) is 3.11. The largest absolute Gasteiger partial charge is 0.387 e. The van der Waals surface area contributed by atoms with E-state index in [-0.39, 0.29) is 17.7 Å². The van der Waals surface area contributed by atoms with E-state index in [0.717, 1.165) is 15.5 Å². The fourth-order valence-corrected chi connectivity index (χ4v) is 3.56. The van der Waals surface area contributed by atoms with Gasteiger partial charge in [0.1, 0.15) is 18.3 Å². The quantitative estimate of drug-likeness (QED) is 0.651. The van der Waals surface area contributed by atoms with Gasteiger partial charge in [-0.2, -0.15) is 0 Å². The number of methoxy groups -OCH3 is 1. The molecular weight excluding hydrogens is 370 g/mol. The van der Waals surface area contributed by atoms with Gasteiger partial charge in [-0.1, -0.05) is 12.1 Å². The number of carbonyl (C=O) groups excluding carboxylic acids is 2. The number of nitrogens with one attached hydrogen (secondary N) is 1. The van der Waals surface area contributed by atoms with E-state index in [1.54, 1.807) is 24.3 Å². The number of aromatic nitrogens is 2. The number of hydrogen-bond donors (Lipinski definition) is 2. The number of fused-ring (bicyclic) bond motifs is 1. The molecular formula is C18H17N3O7. The number of ether oxygens (including phenoxy) is 2. The highest BCUT2D eigenvalue weighted by Crippen LogP contribution is 2.32. The summed E-state index contributed by atoms with van der Waals surface area (Å²) >= 11 is 0. The molecule has 146 valence electrons. The number of benzene rings is 1. The Bertz CT molecular complexity index is 1020. The van der Waals surface area contributed by atoms with Crippen molar-refractivity contribution in [3.8, 4) is 0 Å². The zero-order chi connectivity index (χ0) is 20.0. The number of imide groups is 1. The highest BCUT2D eigenvalue weighted by molar-refractivity contribution is 6.21. The zero-order valence-corrected chi connectivity index (χ0v) is 14.8. The van der Waals surface area contributed by atoms with Crippen molar-refractivity contribution in [1.82, 2.24) is 14.5 Å². The van der Waals surface area contributed by atoms with Crippen LogP contribution in [0.2, 0.25) is 0 Å². The molecule has 1 aromatic carbocycles. The summed E-state index contributed by atoms with van der Waals surface area (Å²) in [5, 5.41) is 10.6. The normalized spacial score (nSPS) is 26.7. The van der Waals surface area contributed by atoms with E-state index in [2.05, 4.69) is 4.98 Å². The van der Waals surface area contributed by atoms with Gasteiger partial charge in [0, 0.05) is 19.4 Å². The van der Waals surface area contributed by atoms with Gasteiger partial charge in [-0.25, -0.2) is 4.79 Å². The van der Waals surface area contributed by atoms with E-state index in [9.17, 15) is 24.3 Å². The predicted octanol–water partition coefficient (Wildman–Crippen LogP) is -0.894. The van der Waals surface area contributed by atoms with Crippen LogP contribution in [0.15, 0.2) is 46.1 Å². The highest BCUT2D eigenvalue weighted by atomic mass is 16.6. The van der Waals surface area contributed by atoms with Gasteiger partial charge in [0.2, 0.25) is 0 Å². The first kappa shape index (κ1) is 18.3. The van der Waals surface area contributed by atoms with Crippen LogP contribution in [-0.2, 0) is 9.47 Å². The fraction of sp³-hybridized carbons (Fsp3) is 0.333. The van der Waals surface area contributed by atoms with Crippen LogP contribution in [0.5, 0.6) is 0 Å². The van der Waals surface area contributed by atoms with E-state index < -0.39 is 47.6 Å². The van der Waals surface area contributed by atoms with Gasteiger partial charge in [0.25, 0.3) is 17.4 Å². The lowest BCUT2D eigenvalue weighted by Crippen LogP contribution is -2.43. The van der Waals surface area contributed by atoms with Gasteiger partial charge >= 0.3 is 5.69 Å². The van der Waals surface area contributed by atoms with Crippen LogP contribution >= 0.6 is 0 Å². The topological polar surface area (TPSA) is 131 Å². The standard InChI is InChI=1S/C18H17N3O7/c1-27-14-13(23)11(28-17(14)20-7-6-12(22)19-18(20)26)8-21-15(24)9-4-2-3-5-10(9)16(21)25/h2-7,11,13-14,17,23H,8H2,1H3,(H,19,22,26)/t11-,13-,14-,17-/m1/s1. The number of nitrogens with zero attached hydrogens (tertiary/aromatic N) is 2. The van der Waals surface area contributed by atoms with Gasteiger partial charge in [-0.05, 0) is 12.1 Å². The lowest BCUT2D eigenvalue weighted by Gasteiger charge is -2.21. The number of amides is 2. The smallest absolute Gasteiger partial charge is 0.330 e. The molecule has 0 unspecified atom stereocenters. The minimum Gasteiger partial charge on any atom is -0.387 e. The Labute approximate surface area is 157 Å². The molecule has 0 bridgehead atoms. The Hall–Kier alpha value is -3.08. The van der Waals surface area contributed by atoms with Crippen molar-refractivity contribution in [1.29, 1.82) is 0 Å². The molecule has 2 N–H and O–H groups in total. The van der Waals surface area contributed by atoms with E-state index in [1.807, 2.05) is 0 Å². The summed E-state index contributed by atoms with van der Waals surface area (Å²) < 4.78 is 12.1. The Morgan fingerprint density at radius 2 is 1.75 bits per heavy atom. The van der Waals surface area contributed by atoms with Crippen molar-refractivity contribution in [3.63, 3.8) is 0 Å². The van der Waals surface area contributed by atoms with Crippen molar-refractivity contribution >= 4 is 11.8 Å². The second-order valence-electron chi connectivity index (χ2n) is 6.54. The number of aliphatic hydroxyl groups excluding tert-OH is 1. The number of aliphatic hydroxyl groups is 1. The first-order valence-corrected chi connectivity index (χ1v) is 8.55. The van der Waals surface area contributed by atoms with Crippen LogP contribution in [0, 0.1) is 0 Å². The molecule has 2 aromatic rings. The van der Waals surface area contributed by atoms with Crippen LogP contribution in [0.25, 0.3) is 0 Å². The number of hydrogen-bond acceptors (Lipinski definition) is 7. The second kappa shape index (κ2) is 6.82.